The van der Waals surface area contributed by atoms with Gasteiger partial charge in [0, 0.05) is 25.3 Å². The standard InChI is InChI=1S/C11H10Cl2N2O2S/c1-15(2)7-9(6-14)18(16,17)11-4-3-8(12)5-10(11)13/h3-5,7H,1-2H3/b9-7+. The Kier molecular flexibility index (Phi) is 4.63. The molecule has 1 aromatic carbocycles. The van der Waals surface area contributed by atoms with Crippen molar-refractivity contribution in [3.63, 3.8) is 0 Å². The first kappa shape index (κ1) is 14.8. The predicted octanol–water partition coefficient (Wildman–Crippen LogP) is 2.69. The summed E-state index contributed by atoms with van der Waals surface area (Å²) >= 11 is 11.5. The molecule has 0 atom stereocenters. The normalized spacial score (nSPS) is 12.1. The van der Waals surface area contributed by atoms with Gasteiger partial charge in [0.15, 0.2) is 4.91 Å². The molecule has 0 amide bonds. The van der Waals surface area contributed by atoms with Gasteiger partial charge < -0.3 is 4.90 Å². The first-order chi connectivity index (χ1) is 8.28. The van der Waals surface area contributed by atoms with Gasteiger partial charge in [0.25, 0.3) is 0 Å². The summed E-state index contributed by atoms with van der Waals surface area (Å²) in [6.07, 6.45) is 1.22. The van der Waals surface area contributed by atoms with Crippen LogP contribution in [-0.2, 0) is 9.84 Å². The van der Waals surface area contributed by atoms with E-state index in [1.165, 1.54) is 29.3 Å². The topological polar surface area (TPSA) is 61.2 Å². The summed E-state index contributed by atoms with van der Waals surface area (Å²) in [4.78, 5) is 0.958. The van der Waals surface area contributed by atoms with Crippen LogP contribution < -0.4 is 0 Å². The summed E-state index contributed by atoms with van der Waals surface area (Å²) in [5.74, 6) is 0. The molecule has 0 bridgehead atoms. The highest BCUT2D eigenvalue weighted by Gasteiger charge is 2.24. The Morgan fingerprint density at radius 3 is 2.44 bits per heavy atom. The molecule has 1 rings (SSSR count). The van der Waals surface area contributed by atoms with Crippen molar-refractivity contribution in [3.05, 3.63) is 39.3 Å². The Morgan fingerprint density at radius 1 is 1.39 bits per heavy atom. The smallest absolute Gasteiger partial charge is 0.219 e. The molecule has 0 spiro atoms. The first-order valence-corrected chi connectivity index (χ1v) is 7.01. The third kappa shape index (κ3) is 3.16. The van der Waals surface area contributed by atoms with Crippen molar-refractivity contribution < 1.29 is 8.42 Å². The Hall–Kier alpha value is -1.22. The van der Waals surface area contributed by atoms with E-state index in [0.717, 1.165) is 0 Å². The van der Waals surface area contributed by atoms with Gasteiger partial charge in [-0.2, -0.15) is 5.26 Å². The summed E-state index contributed by atoms with van der Waals surface area (Å²) < 4.78 is 24.4. The van der Waals surface area contributed by atoms with Gasteiger partial charge in [-0.15, -0.1) is 0 Å². The van der Waals surface area contributed by atoms with E-state index in [1.54, 1.807) is 20.2 Å². The molecule has 1 aromatic rings. The zero-order valence-corrected chi connectivity index (χ0v) is 12.0. The molecule has 0 aliphatic heterocycles. The van der Waals surface area contributed by atoms with Crippen LogP contribution in [0.4, 0.5) is 0 Å². The number of allylic oxidation sites excluding steroid dienone is 1. The Balaban J connectivity index is 3.43. The molecule has 4 nitrogen and oxygen atoms in total. The minimum absolute atomic E-state index is 0.0117. The second kappa shape index (κ2) is 5.61. The number of hydrogen-bond acceptors (Lipinski definition) is 4. The van der Waals surface area contributed by atoms with Crippen LogP contribution in [0.2, 0.25) is 10.0 Å². The van der Waals surface area contributed by atoms with Crippen molar-refractivity contribution in [2.45, 2.75) is 4.90 Å². The largest absolute Gasteiger partial charge is 0.382 e. The number of rotatable bonds is 3. The number of sulfone groups is 1. The Bertz CT molecular complexity index is 631. The number of hydrogen-bond donors (Lipinski definition) is 0. The van der Waals surface area contributed by atoms with Crippen molar-refractivity contribution >= 4 is 33.0 Å². The van der Waals surface area contributed by atoms with E-state index in [9.17, 15) is 8.42 Å². The van der Waals surface area contributed by atoms with Crippen LogP contribution in [0.1, 0.15) is 0 Å². The van der Waals surface area contributed by atoms with Crippen LogP contribution in [0.25, 0.3) is 0 Å². The molecule has 0 saturated heterocycles. The molecule has 0 aliphatic rings. The third-order valence-electron chi connectivity index (χ3n) is 1.96. The molecule has 0 heterocycles. The van der Waals surface area contributed by atoms with Crippen molar-refractivity contribution in [1.29, 1.82) is 5.26 Å². The minimum atomic E-state index is -3.93. The fraction of sp³-hybridized carbons (Fsp3) is 0.182. The number of nitriles is 1. The van der Waals surface area contributed by atoms with Gasteiger partial charge >= 0.3 is 0 Å². The molecule has 96 valence electrons. The number of nitrogens with zero attached hydrogens (tertiary/aromatic N) is 2. The molecule has 0 radical (unpaired) electrons. The minimum Gasteiger partial charge on any atom is -0.382 e. The van der Waals surface area contributed by atoms with Gasteiger partial charge in [0.2, 0.25) is 9.84 Å². The molecular formula is C11H10Cl2N2O2S. The van der Waals surface area contributed by atoms with E-state index in [0.29, 0.717) is 5.02 Å². The lowest BCUT2D eigenvalue weighted by atomic mass is 10.4. The Morgan fingerprint density at radius 2 is 2.00 bits per heavy atom. The van der Waals surface area contributed by atoms with E-state index in [1.807, 2.05) is 0 Å². The van der Waals surface area contributed by atoms with Crippen LogP contribution in [0, 0.1) is 11.3 Å². The molecule has 0 N–H and O–H groups in total. The van der Waals surface area contributed by atoms with Crippen molar-refractivity contribution in [3.8, 4) is 6.07 Å². The number of benzene rings is 1. The van der Waals surface area contributed by atoms with Gasteiger partial charge in [-0.25, -0.2) is 8.42 Å². The summed E-state index contributed by atoms with van der Waals surface area (Å²) in [5, 5.41) is 9.24. The van der Waals surface area contributed by atoms with Crippen LogP contribution in [0.3, 0.4) is 0 Å². The third-order valence-corrected chi connectivity index (χ3v) is 4.33. The lowest BCUT2D eigenvalue weighted by Crippen LogP contribution is -2.10. The fourth-order valence-corrected chi connectivity index (χ4v) is 3.19. The molecule has 0 saturated carbocycles. The van der Waals surface area contributed by atoms with E-state index >= 15 is 0 Å². The second-order valence-corrected chi connectivity index (χ2v) is 6.38. The van der Waals surface area contributed by atoms with Gasteiger partial charge in [-0.1, -0.05) is 23.2 Å². The maximum Gasteiger partial charge on any atom is 0.219 e. The average molecular weight is 305 g/mol. The highest BCUT2D eigenvalue weighted by molar-refractivity contribution is 7.95. The van der Waals surface area contributed by atoms with E-state index < -0.39 is 9.84 Å². The Labute approximate surface area is 116 Å². The zero-order chi connectivity index (χ0) is 13.9. The van der Waals surface area contributed by atoms with Gasteiger partial charge in [0.05, 0.1) is 9.92 Å². The second-order valence-electron chi connectivity index (χ2n) is 3.65. The monoisotopic (exact) mass is 304 g/mol. The average Bonchev–Trinajstić information content (AvgIpc) is 2.24. The quantitative estimate of drug-likeness (QED) is 0.806. The summed E-state index contributed by atoms with van der Waals surface area (Å²) in [6.45, 7) is 0. The maximum absolute atomic E-state index is 12.2. The lowest BCUT2D eigenvalue weighted by molar-refractivity contribution is 0.559. The van der Waals surface area contributed by atoms with E-state index in [4.69, 9.17) is 28.5 Å². The van der Waals surface area contributed by atoms with Crippen LogP contribution in [0.15, 0.2) is 34.2 Å². The van der Waals surface area contributed by atoms with E-state index in [2.05, 4.69) is 0 Å². The predicted molar refractivity (Wildman–Crippen MR) is 71.0 cm³/mol. The van der Waals surface area contributed by atoms with E-state index in [-0.39, 0.29) is 14.8 Å². The molecular weight excluding hydrogens is 295 g/mol. The highest BCUT2D eigenvalue weighted by atomic mass is 35.5. The van der Waals surface area contributed by atoms with Gasteiger partial charge in [0.1, 0.15) is 6.07 Å². The lowest BCUT2D eigenvalue weighted by Gasteiger charge is -2.09. The van der Waals surface area contributed by atoms with Crippen LogP contribution in [0.5, 0.6) is 0 Å². The summed E-state index contributed by atoms with van der Waals surface area (Å²) in [7, 11) is -0.683. The number of halogens is 2. The first-order valence-electron chi connectivity index (χ1n) is 4.77. The van der Waals surface area contributed by atoms with Crippen LogP contribution in [-0.4, -0.2) is 27.4 Å². The molecule has 0 aromatic heterocycles. The summed E-state index contributed by atoms with van der Waals surface area (Å²) in [5.41, 5.74) is 0. The molecule has 7 heteroatoms. The highest BCUT2D eigenvalue weighted by Crippen LogP contribution is 2.29. The SMILES string of the molecule is CN(C)/C=C(\C#N)S(=O)(=O)c1ccc(Cl)cc1Cl. The van der Waals surface area contributed by atoms with Crippen molar-refractivity contribution in [2.75, 3.05) is 14.1 Å². The summed E-state index contributed by atoms with van der Waals surface area (Å²) in [6, 6.07) is 5.66. The maximum atomic E-state index is 12.2. The van der Waals surface area contributed by atoms with Crippen molar-refractivity contribution in [2.24, 2.45) is 0 Å². The molecule has 18 heavy (non-hydrogen) atoms. The molecule has 0 fully saturated rings. The van der Waals surface area contributed by atoms with Crippen LogP contribution >= 0.6 is 23.2 Å². The van der Waals surface area contributed by atoms with Crippen molar-refractivity contribution in [1.82, 2.24) is 4.90 Å². The molecule has 0 unspecified atom stereocenters. The van der Waals surface area contributed by atoms with Gasteiger partial charge in [-0.05, 0) is 18.2 Å². The van der Waals surface area contributed by atoms with Gasteiger partial charge in [-0.3, -0.25) is 0 Å². The molecule has 0 aliphatic carbocycles. The fourth-order valence-electron chi connectivity index (χ4n) is 1.20. The zero-order valence-electron chi connectivity index (χ0n) is 9.68.